The topological polar surface area (TPSA) is 26.8 Å². The summed E-state index contributed by atoms with van der Waals surface area (Å²) in [5.41, 5.74) is 3.74. The van der Waals surface area contributed by atoms with Crippen LogP contribution in [-0.2, 0) is 13.0 Å². The van der Waals surface area contributed by atoms with E-state index in [4.69, 9.17) is 0 Å². The molecule has 1 atom stereocenters. The number of nitrogens with zero attached hydrogens (tertiary/aromatic N) is 3. The van der Waals surface area contributed by atoms with E-state index in [9.17, 15) is 4.79 Å². The van der Waals surface area contributed by atoms with E-state index in [1.54, 1.807) is 0 Å². The molecule has 0 bridgehead atoms. The number of likely N-dealkylation sites (tertiary alicyclic amines) is 2. The van der Waals surface area contributed by atoms with Gasteiger partial charge in [-0.1, -0.05) is 12.5 Å². The summed E-state index contributed by atoms with van der Waals surface area (Å²) in [6.45, 7) is 6.65. The third kappa shape index (κ3) is 3.07. The minimum absolute atomic E-state index is 0.236. The van der Waals surface area contributed by atoms with Crippen molar-refractivity contribution in [3.8, 4) is 0 Å². The van der Waals surface area contributed by atoms with E-state index < -0.39 is 0 Å². The summed E-state index contributed by atoms with van der Waals surface area (Å²) in [6.07, 6.45) is 9.01. The van der Waals surface area contributed by atoms with E-state index in [-0.39, 0.29) is 5.91 Å². The quantitative estimate of drug-likeness (QED) is 0.836. The zero-order valence-electron chi connectivity index (χ0n) is 15.8. The minimum Gasteiger partial charge on any atom is -0.339 e. The average molecular weight is 354 g/mol. The Morgan fingerprint density at radius 1 is 0.846 bits per heavy atom. The van der Waals surface area contributed by atoms with Crippen molar-refractivity contribution in [3.63, 3.8) is 0 Å². The number of amides is 1. The Balaban J connectivity index is 1.24. The molecule has 4 aliphatic rings. The van der Waals surface area contributed by atoms with Gasteiger partial charge in [0.15, 0.2) is 0 Å². The summed E-state index contributed by atoms with van der Waals surface area (Å²) in [5.74, 6) is 0.236. The molecule has 3 fully saturated rings. The van der Waals surface area contributed by atoms with Crippen LogP contribution in [0.15, 0.2) is 18.2 Å². The lowest BCUT2D eigenvalue weighted by Gasteiger charge is -2.37. The second kappa shape index (κ2) is 6.97. The summed E-state index contributed by atoms with van der Waals surface area (Å²) in [4.78, 5) is 20.1. The highest BCUT2D eigenvalue weighted by Gasteiger charge is 2.35. The van der Waals surface area contributed by atoms with Crippen LogP contribution in [0.3, 0.4) is 0 Å². The Labute approximate surface area is 157 Å². The van der Waals surface area contributed by atoms with Crippen molar-refractivity contribution in [2.75, 3.05) is 32.7 Å². The first-order valence-electron chi connectivity index (χ1n) is 10.7. The number of hydrogen-bond acceptors (Lipinski definition) is 3. The molecule has 26 heavy (non-hydrogen) atoms. The molecule has 140 valence electrons. The van der Waals surface area contributed by atoms with Crippen molar-refractivity contribution in [1.82, 2.24) is 14.7 Å². The standard InChI is InChI=1S/C22H31N3O/c26-22(23-10-1-2-11-23)18-6-7-19-15-24(12-8-17(19)14-18)21-9-13-25(16-21)20-4-3-5-20/h6-7,14,20-21H,1-5,8-13,15-16H2/t21-/m1/s1. The summed E-state index contributed by atoms with van der Waals surface area (Å²) in [7, 11) is 0. The fourth-order valence-corrected chi connectivity index (χ4v) is 5.27. The predicted molar refractivity (Wildman–Crippen MR) is 103 cm³/mol. The lowest BCUT2D eigenvalue weighted by molar-refractivity contribution is 0.0792. The smallest absolute Gasteiger partial charge is 0.253 e. The van der Waals surface area contributed by atoms with E-state index in [1.807, 2.05) is 4.90 Å². The Morgan fingerprint density at radius 3 is 2.46 bits per heavy atom. The highest BCUT2D eigenvalue weighted by molar-refractivity contribution is 5.94. The maximum Gasteiger partial charge on any atom is 0.253 e. The number of hydrogen-bond donors (Lipinski definition) is 0. The molecule has 0 spiro atoms. The molecule has 4 heteroatoms. The monoisotopic (exact) mass is 353 g/mol. The van der Waals surface area contributed by atoms with Crippen LogP contribution in [0.25, 0.3) is 0 Å². The van der Waals surface area contributed by atoms with Crippen LogP contribution in [0.5, 0.6) is 0 Å². The maximum absolute atomic E-state index is 12.7. The third-order valence-electron chi connectivity index (χ3n) is 7.19. The molecule has 0 N–H and O–H groups in total. The van der Waals surface area contributed by atoms with Gasteiger partial charge in [0.25, 0.3) is 5.91 Å². The fourth-order valence-electron chi connectivity index (χ4n) is 5.27. The Bertz CT molecular complexity index is 678. The molecule has 5 rings (SSSR count). The third-order valence-corrected chi connectivity index (χ3v) is 7.19. The molecule has 3 heterocycles. The maximum atomic E-state index is 12.7. The molecule has 0 unspecified atom stereocenters. The van der Waals surface area contributed by atoms with Gasteiger partial charge in [-0.25, -0.2) is 0 Å². The molecular weight excluding hydrogens is 322 g/mol. The molecule has 1 aliphatic carbocycles. The zero-order chi connectivity index (χ0) is 17.5. The fraction of sp³-hybridized carbons (Fsp3) is 0.682. The summed E-state index contributed by atoms with van der Waals surface area (Å²) < 4.78 is 0. The number of carbonyl (C=O) groups excluding carboxylic acids is 1. The number of carbonyl (C=O) groups is 1. The van der Waals surface area contributed by atoms with E-state index >= 15 is 0 Å². The summed E-state index contributed by atoms with van der Waals surface area (Å²) in [5, 5.41) is 0. The van der Waals surface area contributed by atoms with Crippen LogP contribution < -0.4 is 0 Å². The Hall–Kier alpha value is -1.39. The predicted octanol–water partition coefficient (Wildman–Crippen LogP) is 2.91. The van der Waals surface area contributed by atoms with Crippen molar-refractivity contribution in [3.05, 3.63) is 34.9 Å². The normalized spacial score (nSPS) is 27.5. The van der Waals surface area contributed by atoms with Gasteiger partial charge in [-0.15, -0.1) is 0 Å². The highest BCUT2D eigenvalue weighted by atomic mass is 16.2. The lowest BCUT2D eigenvalue weighted by Crippen LogP contribution is -2.44. The van der Waals surface area contributed by atoms with Crippen molar-refractivity contribution in [2.24, 2.45) is 0 Å². The molecule has 0 radical (unpaired) electrons. The van der Waals surface area contributed by atoms with Gasteiger partial charge in [-0.2, -0.15) is 0 Å². The molecule has 1 amide bonds. The lowest BCUT2D eigenvalue weighted by atomic mass is 9.92. The van der Waals surface area contributed by atoms with Crippen molar-refractivity contribution < 1.29 is 4.79 Å². The SMILES string of the molecule is O=C(c1ccc2c(c1)CCN([C@@H]1CCN(C3CCC3)C1)C2)N1CCCC1. The first-order chi connectivity index (χ1) is 12.8. The van der Waals surface area contributed by atoms with Gasteiger partial charge >= 0.3 is 0 Å². The molecule has 3 aliphatic heterocycles. The molecular formula is C22H31N3O. The average Bonchev–Trinajstić information content (AvgIpc) is 3.31. The highest BCUT2D eigenvalue weighted by Crippen LogP contribution is 2.31. The molecule has 4 nitrogen and oxygen atoms in total. The van der Waals surface area contributed by atoms with Gasteiger partial charge in [-0.05, 0) is 61.8 Å². The van der Waals surface area contributed by atoms with Crippen LogP contribution in [-0.4, -0.2) is 65.4 Å². The first-order valence-corrected chi connectivity index (χ1v) is 10.7. The van der Waals surface area contributed by atoms with E-state index in [2.05, 4.69) is 28.0 Å². The number of benzene rings is 1. The van der Waals surface area contributed by atoms with Crippen LogP contribution in [0, 0.1) is 0 Å². The molecule has 1 aromatic rings. The second-order valence-electron chi connectivity index (χ2n) is 8.73. The first kappa shape index (κ1) is 16.8. The van der Waals surface area contributed by atoms with E-state index in [0.717, 1.165) is 63.1 Å². The molecule has 1 aromatic carbocycles. The Morgan fingerprint density at radius 2 is 1.69 bits per heavy atom. The Kier molecular flexibility index (Phi) is 4.49. The summed E-state index contributed by atoms with van der Waals surface area (Å²) >= 11 is 0. The minimum atomic E-state index is 0.236. The van der Waals surface area contributed by atoms with Gasteiger partial charge < -0.3 is 4.90 Å². The van der Waals surface area contributed by atoms with Crippen molar-refractivity contribution in [1.29, 1.82) is 0 Å². The molecule has 2 saturated heterocycles. The zero-order valence-corrected chi connectivity index (χ0v) is 15.8. The molecule has 1 saturated carbocycles. The summed E-state index contributed by atoms with van der Waals surface area (Å²) in [6, 6.07) is 8.09. The number of rotatable bonds is 3. The van der Waals surface area contributed by atoms with Crippen LogP contribution >= 0.6 is 0 Å². The van der Waals surface area contributed by atoms with Crippen LogP contribution in [0.4, 0.5) is 0 Å². The number of fused-ring (bicyclic) bond motifs is 1. The van der Waals surface area contributed by atoms with Gasteiger partial charge in [0.1, 0.15) is 0 Å². The van der Waals surface area contributed by atoms with Gasteiger partial charge in [-0.3, -0.25) is 14.6 Å². The van der Waals surface area contributed by atoms with E-state index in [1.165, 1.54) is 49.9 Å². The second-order valence-corrected chi connectivity index (χ2v) is 8.73. The van der Waals surface area contributed by atoms with Crippen molar-refractivity contribution in [2.45, 2.75) is 63.6 Å². The van der Waals surface area contributed by atoms with Gasteiger partial charge in [0, 0.05) is 56.9 Å². The van der Waals surface area contributed by atoms with Crippen LogP contribution in [0.1, 0.15) is 60.0 Å². The van der Waals surface area contributed by atoms with E-state index in [0.29, 0.717) is 0 Å². The molecule has 0 aromatic heterocycles. The van der Waals surface area contributed by atoms with Gasteiger partial charge in [0.2, 0.25) is 0 Å². The van der Waals surface area contributed by atoms with Gasteiger partial charge in [0.05, 0.1) is 0 Å². The largest absolute Gasteiger partial charge is 0.339 e. The van der Waals surface area contributed by atoms with Crippen molar-refractivity contribution >= 4 is 5.91 Å². The van der Waals surface area contributed by atoms with Crippen LogP contribution in [0.2, 0.25) is 0 Å².